The van der Waals surface area contributed by atoms with Crippen molar-refractivity contribution >= 4 is 5.97 Å². The van der Waals surface area contributed by atoms with Crippen molar-refractivity contribution in [2.24, 2.45) is 0 Å². The van der Waals surface area contributed by atoms with Crippen molar-refractivity contribution in [3.63, 3.8) is 0 Å². The molecule has 2 N–H and O–H groups in total. The smallest absolute Gasteiger partial charge is 0.305 e. The number of nitrogens with one attached hydrogen (secondary N) is 1. The molecule has 4 heteroatoms. The molecule has 0 amide bonds. The zero-order valence-corrected chi connectivity index (χ0v) is 10.8. The monoisotopic (exact) mass is 251 g/mol. The second-order valence-electron chi connectivity index (χ2n) is 4.19. The number of carbonyl (C=O) groups is 1. The van der Waals surface area contributed by atoms with Crippen LogP contribution in [0.2, 0.25) is 0 Å². The fourth-order valence-electron chi connectivity index (χ4n) is 1.68. The average molecular weight is 251 g/mol. The number of ether oxygens (including phenoxy) is 1. The molecule has 0 radical (unpaired) electrons. The summed E-state index contributed by atoms with van der Waals surface area (Å²) >= 11 is 0. The number of hydrogen-bond donors (Lipinski definition) is 2. The highest BCUT2D eigenvalue weighted by molar-refractivity contribution is 5.68. The lowest BCUT2D eigenvalue weighted by Crippen LogP contribution is -2.14. The summed E-state index contributed by atoms with van der Waals surface area (Å²) in [6.45, 7) is 1.55. The van der Waals surface area contributed by atoms with E-state index in [4.69, 9.17) is 0 Å². The van der Waals surface area contributed by atoms with E-state index in [-0.39, 0.29) is 5.97 Å². The minimum absolute atomic E-state index is 0.142. The summed E-state index contributed by atoms with van der Waals surface area (Å²) in [7, 11) is 1.41. The first-order chi connectivity index (χ1) is 8.74. The number of carbonyl (C=O) groups excluding carboxylic acids is 1. The second-order valence-corrected chi connectivity index (χ2v) is 4.19. The molecular weight excluding hydrogens is 230 g/mol. The first-order valence-corrected chi connectivity index (χ1v) is 6.28. The molecule has 1 aromatic rings. The molecule has 1 rings (SSSR count). The zero-order chi connectivity index (χ0) is 13.2. The second kappa shape index (κ2) is 8.53. The lowest BCUT2D eigenvalue weighted by atomic mass is 10.2. The Bertz CT molecular complexity index is 366. The van der Waals surface area contributed by atoms with Gasteiger partial charge in [-0.3, -0.25) is 4.79 Å². The predicted octanol–water partition coefficient (Wildman–Crippen LogP) is 2.22. The van der Waals surface area contributed by atoms with Gasteiger partial charge >= 0.3 is 5.97 Å². The maximum atomic E-state index is 10.9. The van der Waals surface area contributed by atoms with Gasteiger partial charge in [0, 0.05) is 18.5 Å². The predicted molar refractivity (Wildman–Crippen MR) is 70.3 cm³/mol. The molecule has 0 bridgehead atoms. The average Bonchev–Trinajstić information content (AvgIpc) is 2.39. The van der Waals surface area contributed by atoms with E-state index in [1.165, 1.54) is 7.11 Å². The number of rotatable bonds is 8. The Morgan fingerprint density at radius 3 is 2.78 bits per heavy atom. The van der Waals surface area contributed by atoms with Gasteiger partial charge in [-0.1, -0.05) is 24.6 Å². The van der Waals surface area contributed by atoms with Gasteiger partial charge in [0.2, 0.25) is 0 Å². The van der Waals surface area contributed by atoms with Crippen LogP contribution in [0.25, 0.3) is 0 Å². The Hall–Kier alpha value is -1.55. The third-order valence-electron chi connectivity index (χ3n) is 2.77. The SMILES string of the molecule is COC(=O)CCCCCNCc1ccccc1O. The molecule has 0 atom stereocenters. The van der Waals surface area contributed by atoms with E-state index in [2.05, 4.69) is 10.1 Å². The van der Waals surface area contributed by atoms with Crippen molar-refractivity contribution in [1.82, 2.24) is 5.32 Å². The molecule has 0 aliphatic carbocycles. The van der Waals surface area contributed by atoms with Gasteiger partial charge in [0.05, 0.1) is 7.11 Å². The Morgan fingerprint density at radius 2 is 2.06 bits per heavy atom. The summed E-state index contributed by atoms with van der Waals surface area (Å²) in [6.07, 6.45) is 3.38. The fourth-order valence-corrected chi connectivity index (χ4v) is 1.68. The first-order valence-electron chi connectivity index (χ1n) is 6.28. The van der Waals surface area contributed by atoms with Crippen LogP contribution in [-0.4, -0.2) is 24.7 Å². The Kier molecular flexibility index (Phi) is 6.87. The highest BCUT2D eigenvalue weighted by atomic mass is 16.5. The van der Waals surface area contributed by atoms with Gasteiger partial charge in [-0.05, 0) is 25.5 Å². The van der Waals surface area contributed by atoms with Crippen molar-refractivity contribution in [1.29, 1.82) is 0 Å². The molecule has 0 aromatic heterocycles. The van der Waals surface area contributed by atoms with Crippen molar-refractivity contribution in [2.45, 2.75) is 32.2 Å². The molecule has 0 saturated heterocycles. The lowest BCUT2D eigenvalue weighted by Gasteiger charge is -2.06. The summed E-state index contributed by atoms with van der Waals surface area (Å²) in [5, 5.41) is 12.8. The fraction of sp³-hybridized carbons (Fsp3) is 0.500. The van der Waals surface area contributed by atoms with Crippen molar-refractivity contribution in [3.05, 3.63) is 29.8 Å². The molecule has 1 aromatic carbocycles. The van der Waals surface area contributed by atoms with Gasteiger partial charge in [-0.15, -0.1) is 0 Å². The number of para-hydroxylation sites is 1. The highest BCUT2D eigenvalue weighted by Gasteiger charge is 2.00. The number of phenolic OH excluding ortho intramolecular Hbond substituents is 1. The van der Waals surface area contributed by atoms with Gasteiger partial charge in [0.1, 0.15) is 5.75 Å². The number of hydrogen-bond acceptors (Lipinski definition) is 4. The van der Waals surface area contributed by atoms with E-state index in [0.29, 0.717) is 18.7 Å². The molecule has 0 aliphatic heterocycles. The minimum atomic E-state index is -0.142. The highest BCUT2D eigenvalue weighted by Crippen LogP contribution is 2.14. The number of esters is 1. The largest absolute Gasteiger partial charge is 0.508 e. The van der Waals surface area contributed by atoms with Crippen LogP contribution in [0.3, 0.4) is 0 Å². The number of unbranched alkanes of at least 4 members (excludes halogenated alkanes) is 2. The van der Waals surface area contributed by atoms with Gasteiger partial charge in [0.25, 0.3) is 0 Å². The molecule has 100 valence electrons. The maximum absolute atomic E-state index is 10.9. The van der Waals surface area contributed by atoms with Gasteiger partial charge in [0.15, 0.2) is 0 Å². The quantitative estimate of drug-likeness (QED) is 0.549. The van der Waals surface area contributed by atoms with Crippen LogP contribution in [0.1, 0.15) is 31.2 Å². The normalized spacial score (nSPS) is 10.3. The van der Waals surface area contributed by atoms with Crippen LogP contribution in [0.4, 0.5) is 0 Å². The maximum Gasteiger partial charge on any atom is 0.305 e. The summed E-state index contributed by atoms with van der Waals surface area (Å²) in [6, 6.07) is 7.31. The molecule has 0 heterocycles. The standard InChI is InChI=1S/C14H21NO3/c1-18-14(17)9-3-2-6-10-15-11-12-7-4-5-8-13(12)16/h4-5,7-8,15-16H,2-3,6,9-11H2,1H3. The van der Waals surface area contributed by atoms with Gasteiger partial charge in [-0.25, -0.2) is 0 Å². The van der Waals surface area contributed by atoms with E-state index in [1.807, 2.05) is 18.2 Å². The van der Waals surface area contributed by atoms with Crippen LogP contribution in [0.15, 0.2) is 24.3 Å². The summed E-state index contributed by atoms with van der Waals surface area (Å²) < 4.78 is 4.57. The molecule has 0 fully saturated rings. The molecule has 0 saturated carbocycles. The molecule has 0 spiro atoms. The van der Waals surface area contributed by atoms with E-state index in [1.54, 1.807) is 6.07 Å². The molecule has 0 aliphatic rings. The molecule has 0 unspecified atom stereocenters. The Balaban J connectivity index is 2.02. The van der Waals surface area contributed by atoms with Crippen LogP contribution in [0.5, 0.6) is 5.75 Å². The number of aromatic hydroxyl groups is 1. The van der Waals surface area contributed by atoms with E-state index in [9.17, 15) is 9.90 Å². The number of phenols is 1. The van der Waals surface area contributed by atoms with Gasteiger partial charge < -0.3 is 15.2 Å². The van der Waals surface area contributed by atoms with Crippen LogP contribution < -0.4 is 5.32 Å². The van der Waals surface area contributed by atoms with E-state index in [0.717, 1.165) is 31.4 Å². The zero-order valence-electron chi connectivity index (χ0n) is 10.8. The van der Waals surface area contributed by atoms with Crippen LogP contribution in [-0.2, 0) is 16.1 Å². The summed E-state index contributed by atoms with van der Waals surface area (Å²) in [4.78, 5) is 10.9. The van der Waals surface area contributed by atoms with Gasteiger partial charge in [-0.2, -0.15) is 0 Å². The number of methoxy groups -OCH3 is 1. The molecular formula is C14H21NO3. The summed E-state index contributed by atoms with van der Waals surface area (Å²) in [5.41, 5.74) is 0.909. The number of benzene rings is 1. The van der Waals surface area contributed by atoms with Crippen LogP contribution >= 0.6 is 0 Å². The lowest BCUT2D eigenvalue weighted by molar-refractivity contribution is -0.140. The third kappa shape index (κ3) is 5.68. The van der Waals surface area contributed by atoms with Crippen molar-refractivity contribution in [2.75, 3.05) is 13.7 Å². The molecule has 18 heavy (non-hydrogen) atoms. The third-order valence-corrected chi connectivity index (χ3v) is 2.77. The Labute approximate surface area is 108 Å². The van der Waals surface area contributed by atoms with Crippen molar-refractivity contribution in [3.8, 4) is 5.75 Å². The first kappa shape index (κ1) is 14.5. The van der Waals surface area contributed by atoms with E-state index < -0.39 is 0 Å². The minimum Gasteiger partial charge on any atom is -0.508 e. The van der Waals surface area contributed by atoms with E-state index >= 15 is 0 Å². The Morgan fingerprint density at radius 1 is 1.28 bits per heavy atom. The topological polar surface area (TPSA) is 58.6 Å². The summed E-state index contributed by atoms with van der Waals surface area (Å²) in [5.74, 6) is 0.188. The molecule has 4 nitrogen and oxygen atoms in total. The van der Waals surface area contributed by atoms with Crippen LogP contribution in [0, 0.1) is 0 Å². The van der Waals surface area contributed by atoms with Crippen molar-refractivity contribution < 1.29 is 14.6 Å².